The van der Waals surface area contributed by atoms with Gasteiger partial charge in [0, 0.05) is 5.69 Å². The minimum Gasteiger partial charge on any atom is -0.238 e. The van der Waals surface area contributed by atoms with Gasteiger partial charge in [-0.1, -0.05) is 0 Å². The van der Waals surface area contributed by atoms with Crippen LogP contribution in [0.15, 0.2) is 18.2 Å². The second kappa shape index (κ2) is 4.67. The molecule has 20 heavy (non-hydrogen) atoms. The second-order valence-electron chi connectivity index (χ2n) is 4.55. The molecule has 0 saturated carbocycles. The molecule has 0 aliphatic heterocycles. The van der Waals surface area contributed by atoms with Gasteiger partial charge in [0.05, 0.1) is 28.6 Å². The standard InChI is InChI=1S/C14H12F3N3/c1-8-9(2)19-20(10(8)3)12-4-5-13(14(15,16)17)11(6-12)7-18/h4-6H,1-3H3. The molecule has 0 radical (unpaired) electrons. The third-order valence-electron chi connectivity index (χ3n) is 3.33. The SMILES string of the molecule is Cc1nn(-c2ccc(C(F)(F)F)c(C#N)c2)c(C)c1C. The van der Waals surface area contributed by atoms with Gasteiger partial charge in [0.15, 0.2) is 0 Å². The van der Waals surface area contributed by atoms with Crippen LogP contribution in [0.4, 0.5) is 13.2 Å². The zero-order valence-corrected chi connectivity index (χ0v) is 11.2. The minimum atomic E-state index is -4.53. The lowest BCUT2D eigenvalue weighted by molar-refractivity contribution is -0.137. The minimum absolute atomic E-state index is 0.403. The number of rotatable bonds is 1. The van der Waals surface area contributed by atoms with E-state index in [9.17, 15) is 13.2 Å². The molecule has 1 aromatic carbocycles. The van der Waals surface area contributed by atoms with Gasteiger partial charge in [0.1, 0.15) is 0 Å². The monoisotopic (exact) mass is 279 g/mol. The normalized spacial score (nSPS) is 11.4. The first-order chi connectivity index (χ1) is 9.25. The van der Waals surface area contributed by atoms with Crippen molar-refractivity contribution in [2.45, 2.75) is 26.9 Å². The number of nitrogens with zero attached hydrogens (tertiary/aromatic N) is 3. The summed E-state index contributed by atoms with van der Waals surface area (Å²) in [6.45, 7) is 5.55. The molecular formula is C14H12F3N3. The molecule has 0 spiro atoms. The van der Waals surface area contributed by atoms with Gasteiger partial charge in [-0.25, -0.2) is 4.68 Å². The summed E-state index contributed by atoms with van der Waals surface area (Å²) in [6, 6.07) is 5.04. The molecule has 104 valence electrons. The van der Waals surface area contributed by atoms with Crippen molar-refractivity contribution in [1.29, 1.82) is 5.26 Å². The van der Waals surface area contributed by atoms with Crippen molar-refractivity contribution in [1.82, 2.24) is 9.78 Å². The van der Waals surface area contributed by atoms with Gasteiger partial charge in [-0.15, -0.1) is 0 Å². The number of aryl methyl sites for hydroxylation is 1. The summed E-state index contributed by atoms with van der Waals surface area (Å²) in [7, 11) is 0. The first-order valence-electron chi connectivity index (χ1n) is 5.90. The van der Waals surface area contributed by atoms with Crippen molar-refractivity contribution >= 4 is 0 Å². The quantitative estimate of drug-likeness (QED) is 0.799. The third-order valence-corrected chi connectivity index (χ3v) is 3.33. The molecule has 0 aliphatic carbocycles. The number of benzene rings is 1. The Morgan fingerprint density at radius 2 is 1.85 bits per heavy atom. The highest BCUT2D eigenvalue weighted by atomic mass is 19.4. The van der Waals surface area contributed by atoms with Gasteiger partial charge in [-0.3, -0.25) is 0 Å². The topological polar surface area (TPSA) is 41.6 Å². The Hall–Kier alpha value is -2.29. The molecule has 2 aromatic rings. The van der Waals surface area contributed by atoms with E-state index in [-0.39, 0.29) is 0 Å². The van der Waals surface area contributed by atoms with Gasteiger partial charge in [-0.05, 0) is 44.5 Å². The molecule has 0 bridgehead atoms. The highest BCUT2D eigenvalue weighted by Gasteiger charge is 2.33. The van der Waals surface area contributed by atoms with Crippen LogP contribution < -0.4 is 0 Å². The lowest BCUT2D eigenvalue weighted by Crippen LogP contribution is -2.09. The van der Waals surface area contributed by atoms with Crippen LogP contribution in [0.3, 0.4) is 0 Å². The third kappa shape index (κ3) is 2.27. The van der Waals surface area contributed by atoms with Gasteiger partial charge < -0.3 is 0 Å². The van der Waals surface area contributed by atoms with E-state index < -0.39 is 17.3 Å². The van der Waals surface area contributed by atoms with E-state index in [1.54, 1.807) is 10.8 Å². The predicted octanol–water partition coefficient (Wildman–Crippen LogP) is 3.69. The molecule has 6 heteroatoms. The summed E-state index contributed by atoms with van der Waals surface area (Å²) in [5.41, 5.74) is 1.74. The Balaban J connectivity index is 2.61. The second-order valence-corrected chi connectivity index (χ2v) is 4.55. The molecular weight excluding hydrogens is 267 g/mol. The molecule has 0 saturated heterocycles. The highest BCUT2D eigenvalue weighted by Crippen LogP contribution is 2.33. The Kier molecular flexibility index (Phi) is 3.30. The van der Waals surface area contributed by atoms with E-state index in [1.807, 2.05) is 20.8 Å². The predicted molar refractivity (Wildman–Crippen MR) is 67.5 cm³/mol. The molecule has 0 amide bonds. The Labute approximate surface area is 114 Å². The fourth-order valence-corrected chi connectivity index (χ4v) is 1.98. The van der Waals surface area contributed by atoms with Crippen molar-refractivity contribution in [3.63, 3.8) is 0 Å². The van der Waals surface area contributed by atoms with Gasteiger partial charge >= 0.3 is 6.18 Å². The Morgan fingerprint density at radius 1 is 1.20 bits per heavy atom. The summed E-state index contributed by atoms with van der Waals surface area (Å²) in [5, 5.41) is 13.2. The highest BCUT2D eigenvalue weighted by molar-refractivity contribution is 5.48. The zero-order chi connectivity index (χ0) is 15.1. The van der Waals surface area contributed by atoms with Crippen LogP contribution >= 0.6 is 0 Å². The van der Waals surface area contributed by atoms with E-state index in [0.29, 0.717) is 5.69 Å². The molecule has 0 unspecified atom stereocenters. The molecule has 1 heterocycles. The van der Waals surface area contributed by atoms with Crippen molar-refractivity contribution < 1.29 is 13.2 Å². The summed E-state index contributed by atoms with van der Waals surface area (Å²) in [5.74, 6) is 0. The van der Waals surface area contributed by atoms with Gasteiger partial charge in [0.25, 0.3) is 0 Å². The fraction of sp³-hybridized carbons (Fsp3) is 0.286. The number of halogens is 3. The van der Waals surface area contributed by atoms with Crippen LogP contribution in [-0.2, 0) is 6.18 Å². The number of hydrogen-bond acceptors (Lipinski definition) is 2. The van der Waals surface area contributed by atoms with Crippen LogP contribution in [0.2, 0.25) is 0 Å². The average Bonchev–Trinajstić information content (AvgIpc) is 2.64. The maximum Gasteiger partial charge on any atom is 0.417 e. The summed E-state index contributed by atoms with van der Waals surface area (Å²) in [4.78, 5) is 0. The molecule has 0 atom stereocenters. The zero-order valence-electron chi connectivity index (χ0n) is 11.2. The van der Waals surface area contributed by atoms with E-state index in [1.165, 1.54) is 12.1 Å². The van der Waals surface area contributed by atoms with Crippen LogP contribution in [0.25, 0.3) is 5.69 Å². The van der Waals surface area contributed by atoms with Crippen molar-refractivity contribution in [2.75, 3.05) is 0 Å². The molecule has 3 nitrogen and oxygen atoms in total. The summed E-state index contributed by atoms with van der Waals surface area (Å²) in [6.07, 6.45) is -4.53. The van der Waals surface area contributed by atoms with Crippen molar-refractivity contribution in [3.05, 3.63) is 46.3 Å². The average molecular weight is 279 g/mol. The maximum absolute atomic E-state index is 12.7. The number of alkyl halides is 3. The van der Waals surface area contributed by atoms with Crippen LogP contribution in [-0.4, -0.2) is 9.78 Å². The first kappa shape index (κ1) is 14.1. The maximum atomic E-state index is 12.7. The number of aromatic nitrogens is 2. The van der Waals surface area contributed by atoms with Crippen LogP contribution in [0.5, 0.6) is 0 Å². The van der Waals surface area contributed by atoms with E-state index in [0.717, 1.165) is 23.0 Å². The van der Waals surface area contributed by atoms with Gasteiger partial charge in [-0.2, -0.15) is 23.5 Å². The first-order valence-corrected chi connectivity index (χ1v) is 5.90. The number of hydrogen-bond donors (Lipinski definition) is 0. The molecule has 1 aromatic heterocycles. The lowest BCUT2D eigenvalue weighted by atomic mass is 10.1. The molecule has 0 fully saturated rings. The molecule has 2 rings (SSSR count). The van der Waals surface area contributed by atoms with E-state index in [4.69, 9.17) is 5.26 Å². The van der Waals surface area contributed by atoms with Gasteiger partial charge in [0.2, 0.25) is 0 Å². The van der Waals surface area contributed by atoms with E-state index in [2.05, 4.69) is 5.10 Å². The van der Waals surface area contributed by atoms with Crippen molar-refractivity contribution in [2.24, 2.45) is 0 Å². The summed E-state index contributed by atoms with van der Waals surface area (Å²) < 4.78 is 39.8. The van der Waals surface area contributed by atoms with Crippen LogP contribution in [0, 0.1) is 32.1 Å². The lowest BCUT2D eigenvalue weighted by Gasteiger charge is -2.11. The van der Waals surface area contributed by atoms with Crippen molar-refractivity contribution in [3.8, 4) is 11.8 Å². The molecule has 0 N–H and O–H groups in total. The smallest absolute Gasteiger partial charge is 0.238 e. The van der Waals surface area contributed by atoms with Crippen LogP contribution in [0.1, 0.15) is 28.1 Å². The molecule has 0 aliphatic rings. The fourth-order valence-electron chi connectivity index (χ4n) is 1.98. The van der Waals surface area contributed by atoms with E-state index >= 15 is 0 Å². The Morgan fingerprint density at radius 3 is 2.30 bits per heavy atom. The Bertz CT molecular complexity index is 706. The number of nitriles is 1. The summed E-state index contributed by atoms with van der Waals surface area (Å²) >= 11 is 0. The largest absolute Gasteiger partial charge is 0.417 e.